The maximum Gasteiger partial charge on any atom is 0.253 e. The Morgan fingerprint density at radius 2 is 2.20 bits per heavy atom. The maximum atomic E-state index is 12.0. The van der Waals surface area contributed by atoms with Crippen molar-refractivity contribution in [3.8, 4) is 0 Å². The Morgan fingerprint density at radius 3 is 2.90 bits per heavy atom. The summed E-state index contributed by atoms with van der Waals surface area (Å²) in [6.07, 6.45) is 1.46. The lowest BCUT2D eigenvalue weighted by molar-refractivity contribution is 0.0693. The lowest BCUT2D eigenvalue weighted by Gasteiger charge is -2.09. The molecular formula is C13H20ClN3O3. The molecule has 0 unspecified atom stereocenters. The maximum absolute atomic E-state index is 12.0. The molecule has 1 heterocycles. The van der Waals surface area contributed by atoms with Gasteiger partial charge in [0.15, 0.2) is 0 Å². The summed E-state index contributed by atoms with van der Waals surface area (Å²) in [5.74, 6) is 0.380. The van der Waals surface area contributed by atoms with Crippen molar-refractivity contribution in [2.45, 2.75) is 6.92 Å². The van der Waals surface area contributed by atoms with Crippen LogP contribution in [0, 0.1) is 0 Å². The predicted octanol–water partition coefficient (Wildman–Crippen LogP) is 1.56. The number of hydrogen-bond acceptors (Lipinski definition) is 5. The number of nitrogens with zero attached hydrogens (tertiary/aromatic N) is 1. The molecule has 112 valence electrons. The number of nitrogens with one attached hydrogen (secondary N) is 2. The van der Waals surface area contributed by atoms with Crippen LogP contribution in [0.15, 0.2) is 12.3 Å². The summed E-state index contributed by atoms with van der Waals surface area (Å²) in [7, 11) is 1.61. The van der Waals surface area contributed by atoms with Crippen molar-refractivity contribution < 1.29 is 14.3 Å². The number of anilines is 1. The highest BCUT2D eigenvalue weighted by molar-refractivity contribution is 6.33. The lowest BCUT2D eigenvalue weighted by Crippen LogP contribution is -2.28. The second kappa shape index (κ2) is 9.52. The highest BCUT2D eigenvalue weighted by atomic mass is 35.5. The summed E-state index contributed by atoms with van der Waals surface area (Å²) in [5.41, 5.74) is 0.398. The summed E-state index contributed by atoms with van der Waals surface area (Å²) in [6, 6.07) is 1.63. The highest BCUT2D eigenvalue weighted by Crippen LogP contribution is 2.17. The first kappa shape index (κ1) is 16.7. The number of amides is 1. The van der Waals surface area contributed by atoms with Crippen molar-refractivity contribution in [2.75, 3.05) is 45.3 Å². The van der Waals surface area contributed by atoms with Gasteiger partial charge < -0.3 is 20.1 Å². The first-order valence-electron chi connectivity index (χ1n) is 6.43. The van der Waals surface area contributed by atoms with Crippen LogP contribution in [0.2, 0.25) is 5.02 Å². The molecule has 1 aromatic rings. The Hall–Kier alpha value is -1.37. The number of methoxy groups -OCH3 is 1. The van der Waals surface area contributed by atoms with E-state index in [4.69, 9.17) is 21.1 Å². The molecule has 2 N–H and O–H groups in total. The summed E-state index contributed by atoms with van der Waals surface area (Å²) in [4.78, 5) is 16.1. The molecular weight excluding hydrogens is 282 g/mol. The van der Waals surface area contributed by atoms with Gasteiger partial charge in [-0.05, 0) is 13.0 Å². The molecule has 1 amide bonds. The Labute approximate surface area is 123 Å². The van der Waals surface area contributed by atoms with E-state index in [2.05, 4.69) is 15.6 Å². The zero-order valence-corrected chi connectivity index (χ0v) is 12.5. The first-order valence-corrected chi connectivity index (χ1v) is 6.81. The van der Waals surface area contributed by atoms with Gasteiger partial charge in [-0.15, -0.1) is 0 Å². The number of pyridine rings is 1. The zero-order valence-electron chi connectivity index (χ0n) is 11.7. The molecule has 1 rings (SSSR count). The van der Waals surface area contributed by atoms with Crippen LogP contribution in [-0.2, 0) is 9.47 Å². The van der Waals surface area contributed by atoms with E-state index in [-0.39, 0.29) is 5.91 Å². The van der Waals surface area contributed by atoms with Crippen molar-refractivity contribution in [1.29, 1.82) is 0 Å². The summed E-state index contributed by atoms with van der Waals surface area (Å²) < 4.78 is 10.1. The molecule has 0 aliphatic heterocycles. The third kappa shape index (κ3) is 5.73. The zero-order chi connectivity index (χ0) is 14.8. The van der Waals surface area contributed by atoms with Crippen molar-refractivity contribution >= 4 is 23.3 Å². The van der Waals surface area contributed by atoms with Gasteiger partial charge in [0.25, 0.3) is 5.91 Å². The average molecular weight is 302 g/mol. The topological polar surface area (TPSA) is 72.5 Å². The summed E-state index contributed by atoms with van der Waals surface area (Å²) in [6.45, 7) is 4.56. The molecule has 20 heavy (non-hydrogen) atoms. The third-order valence-corrected chi connectivity index (χ3v) is 2.72. The van der Waals surface area contributed by atoms with Crippen molar-refractivity contribution in [3.05, 3.63) is 22.8 Å². The Bertz CT molecular complexity index is 429. The van der Waals surface area contributed by atoms with Crippen molar-refractivity contribution in [2.24, 2.45) is 0 Å². The van der Waals surface area contributed by atoms with Gasteiger partial charge in [0, 0.05) is 26.4 Å². The van der Waals surface area contributed by atoms with Gasteiger partial charge >= 0.3 is 0 Å². The molecule has 0 atom stereocenters. The molecule has 0 saturated carbocycles. The van der Waals surface area contributed by atoms with E-state index in [0.29, 0.717) is 42.8 Å². The minimum atomic E-state index is -0.244. The van der Waals surface area contributed by atoms with Gasteiger partial charge in [0.2, 0.25) is 0 Å². The third-order valence-electron chi connectivity index (χ3n) is 2.42. The monoisotopic (exact) mass is 301 g/mol. The number of halogens is 1. The predicted molar refractivity (Wildman–Crippen MR) is 78.4 cm³/mol. The number of hydrogen-bond donors (Lipinski definition) is 2. The molecule has 0 saturated heterocycles. The van der Waals surface area contributed by atoms with Gasteiger partial charge in [-0.2, -0.15) is 0 Å². The van der Waals surface area contributed by atoms with Crippen LogP contribution < -0.4 is 10.6 Å². The Balaban J connectivity index is 2.44. The second-order valence-electron chi connectivity index (χ2n) is 3.94. The molecule has 0 aliphatic carbocycles. The van der Waals surface area contributed by atoms with E-state index >= 15 is 0 Å². The van der Waals surface area contributed by atoms with E-state index in [0.717, 1.165) is 6.54 Å². The number of carbonyl (C=O) groups excluding carboxylic acids is 1. The summed E-state index contributed by atoms with van der Waals surface area (Å²) in [5, 5.41) is 6.10. The van der Waals surface area contributed by atoms with Gasteiger partial charge in [-0.25, -0.2) is 4.98 Å². The molecule has 0 bridgehead atoms. The Morgan fingerprint density at radius 1 is 1.40 bits per heavy atom. The summed E-state index contributed by atoms with van der Waals surface area (Å²) >= 11 is 5.97. The fourth-order valence-electron chi connectivity index (χ4n) is 1.47. The SMILES string of the molecule is CCNc1cc(C(=O)NCCOCCOC)c(Cl)cn1. The minimum absolute atomic E-state index is 0.244. The number of ether oxygens (including phenoxy) is 2. The Kier molecular flexibility index (Phi) is 7.94. The van der Waals surface area contributed by atoms with Crippen LogP contribution in [-0.4, -0.2) is 50.9 Å². The number of rotatable bonds is 9. The van der Waals surface area contributed by atoms with E-state index in [1.54, 1.807) is 13.2 Å². The molecule has 0 aromatic carbocycles. The molecule has 0 aliphatic rings. The fraction of sp³-hybridized carbons (Fsp3) is 0.538. The molecule has 7 heteroatoms. The molecule has 0 spiro atoms. The quantitative estimate of drug-likeness (QED) is 0.677. The molecule has 0 radical (unpaired) electrons. The van der Waals surface area contributed by atoms with Crippen molar-refractivity contribution in [1.82, 2.24) is 10.3 Å². The number of carbonyl (C=O) groups is 1. The van der Waals surface area contributed by atoms with Crippen LogP contribution in [0.5, 0.6) is 0 Å². The normalized spacial score (nSPS) is 10.3. The molecule has 1 aromatic heterocycles. The largest absolute Gasteiger partial charge is 0.382 e. The van der Waals surface area contributed by atoms with Crippen LogP contribution in [0.25, 0.3) is 0 Å². The minimum Gasteiger partial charge on any atom is -0.382 e. The molecule has 6 nitrogen and oxygen atoms in total. The van der Waals surface area contributed by atoms with Gasteiger partial charge in [0.05, 0.1) is 30.4 Å². The van der Waals surface area contributed by atoms with E-state index in [9.17, 15) is 4.79 Å². The van der Waals surface area contributed by atoms with Crippen LogP contribution >= 0.6 is 11.6 Å². The average Bonchev–Trinajstić information content (AvgIpc) is 2.45. The number of aromatic nitrogens is 1. The van der Waals surface area contributed by atoms with E-state index in [1.807, 2.05) is 6.92 Å². The lowest BCUT2D eigenvalue weighted by atomic mass is 10.2. The van der Waals surface area contributed by atoms with Crippen LogP contribution in [0.4, 0.5) is 5.82 Å². The van der Waals surface area contributed by atoms with E-state index in [1.165, 1.54) is 6.20 Å². The van der Waals surface area contributed by atoms with Gasteiger partial charge in [-0.1, -0.05) is 11.6 Å². The fourth-order valence-corrected chi connectivity index (χ4v) is 1.66. The van der Waals surface area contributed by atoms with Crippen LogP contribution in [0.1, 0.15) is 17.3 Å². The van der Waals surface area contributed by atoms with Gasteiger partial charge in [0.1, 0.15) is 5.82 Å². The standard InChI is InChI=1S/C13H20ClN3O3/c1-3-15-12-8-10(11(14)9-17-12)13(18)16-4-5-20-7-6-19-2/h8-9H,3-7H2,1-2H3,(H,15,17)(H,16,18). The van der Waals surface area contributed by atoms with E-state index < -0.39 is 0 Å². The smallest absolute Gasteiger partial charge is 0.253 e. The van der Waals surface area contributed by atoms with Crippen molar-refractivity contribution in [3.63, 3.8) is 0 Å². The molecule has 0 fully saturated rings. The van der Waals surface area contributed by atoms with Gasteiger partial charge in [-0.3, -0.25) is 4.79 Å². The first-order chi connectivity index (χ1) is 9.69. The highest BCUT2D eigenvalue weighted by Gasteiger charge is 2.11. The van der Waals surface area contributed by atoms with Crippen LogP contribution in [0.3, 0.4) is 0 Å². The second-order valence-corrected chi connectivity index (χ2v) is 4.35.